The van der Waals surface area contributed by atoms with Crippen LogP contribution in [0.1, 0.15) is 23.1 Å². The smallest absolute Gasteiger partial charge is 0.123 e. The molecule has 0 radical (unpaired) electrons. The third kappa shape index (κ3) is 5.11. The van der Waals surface area contributed by atoms with Crippen LogP contribution in [0.2, 0.25) is 0 Å². The van der Waals surface area contributed by atoms with Crippen LogP contribution in [0.4, 0.5) is 10.1 Å². The molecule has 34 heavy (non-hydrogen) atoms. The van der Waals surface area contributed by atoms with Gasteiger partial charge in [0.15, 0.2) is 0 Å². The molecule has 1 atom stereocenters. The van der Waals surface area contributed by atoms with Crippen LogP contribution in [0.3, 0.4) is 0 Å². The molecular formula is C29H31FN4. The molecule has 3 aromatic rings. The lowest BCUT2D eigenvalue weighted by Crippen LogP contribution is -2.31. The summed E-state index contributed by atoms with van der Waals surface area (Å²) in [6.45, 7) is 3.93. The molecule has 2 heterocycles. The molecule has 0 amide bonds. The van der Waals surface area contributed by atoms with Crippen LogP contribution in [-0.4, -0.2) is 55.8 Å². The van der Waals surface area contributed by atoms with Gasteiger partial charge in [0.25, 0.3) is 0 Å². The van der Waals surface area contributed by atoms with Gasteiger partial charge in [0.1, 0.15) is 5.82 Å². The molecule has 174 valence electrons. The molecule has 1 saturated heterocycles. The quantitative estimate of drug-likeness (QED) is 0.533. The Morgan fingerprint density at radius 3 is 2.53 bits per heavy atom. The summed E-state index contributed by atoms with van der Waals surface area (Å²) in [6.07, 6.45) is 5.23. The largest absolute Gasteiger partial charge is 0.361 e. The number of rotatable bonds is 6. The Morgan fingerprint density at radius 2 is 1.79 bits per heavy atom. The number of fused-ring (bicyclic) bond motifs is 1. The van der Waals surface area contributed by atoms with Gasteiger partial charge in [0.05, 0.1) is 6.54 Å². The minimum atomic E-state index is -0.220. The van der Waals surface area contributed by atoms with Gasteiger partial charge in [-0.3, -0.25) is 9.89 Å². The van der Waals surface area contributed by atoms with E-state index >= 15 is 0 Å². The molecule has 0 bridgehead atoms. The summed E-state index contributed by atoms with van der Waals surface area (Å²) in [4.78, 5) is 9.39. The molecule has 5 heteroatoms. The monoisotopic (exact) mass is 454 g/mol. The molecule has 5 rings (SSSR count). The van der Waals surface area contributed by atoms with Gasteiger partial charge in [-0.05, 0) is 84.2 Å². The van der Waals surface area contributed by atoms with Crippen molar-refractivity contribution in [2.24, 2.45) is 4.99 Å². The van der Waals surface area contributed by atoms with Crippen molar-refractivity contribution in [3.63, 3.8) is 0 Å². The van der Waals surface area contributed by atoms with E-state index in [0.717, 1.165) is 53.1 Å². The highest BCUT2D eigenvalue weighted by atomic mass is 19.1. The Kier molecular flexibility index (Phi) is 6.57. The predicted molar refractivity (Wildman–Crippen MR) is 140 cm³/mol. The average molecular weight is 455 g/mol. The first kappa shape index (κ1) is 22.5. The van der Waals surface area contributed by atoms with Crippen LogP contribution in [-0.2, 0) is 6.54 Å². The maximum Gasteiger partial charge on any atom is 0.123 e. The second-order valence-corrected chi connectivity index (χ2v) is 9.43. The van der Waals surface area contributed by atoms with Crippen molar-refractivity contribution in [2.45, 2.75) is 19.0 Å². The van der Waals surface area contributed by atoms with Crippen molar-refractivity contribution in [1.82, 2.24) is 9.80 Å². The highest BCUT2D eigenvalue weighted by molar-refractivity contribution is 5.94. The zero-order chi connectivity index (χ0) is 23.5. The van der Waals surface area contributed by atoms with Gasteiger partial charge in [-0.1, -0.05) is 36.4 Å². The summed E-state index contributed by atoms with van der Waals surface area (Å²) < 4.78 is 13.3. The van der Waals surface area contributed by atoms with Crippen molar-refractivity contribution in [3.05, 3.63) is 95.4 Å². The van der Waals surface area contributed by atoms with E-state index in [0.29, 0.717) is 12.6 Å². The van der Waals surface area contributed by atoms with Gasteiger partial charge < -0.3 is 10.2 Å². The number of likely N-dealkylation sites (N-methyl/N-ethyl adjacent to an activating group) is 1. The highest BCUT2D eigenvalue weighted by Gasteiger charge is 2.23. The van der Waals surface area contributed by atoms with E-state index in [1.165, 1.54) is 24.1 Å². The molecular weight excluding hydrogens is 423 g/mol. The Bertz CT molecular complexity index is 1200. The van der Waals surface area contributed by atoms with E-state index in [9.17, 15) is 4.39 Å². The number of hydrogen-bond acceptors (Lipinski definition) is 4. The molecule has 0 aromatic heterocycles. The van der Waals surface area contributed by atoms with E-state index in [1.54, 1.807) is 0 Å². The van der Waals surface area contributed by atoms with Crippen LogP contribution in [0, 0.1) is 5.82 Å². The number of nitrogens with one attached hydrogen (secondary N) is 1. The van der Waals surface area contributed by atoms with E-state index in [-0.39, 0.29) is 5.82 Å². The number of nitrogens with zero attached hydrogens (tertiary/aromatic N) is 3. The molecule has 3 aromatic carbocycles. The van der Waals surface area contributed by atoms with E-state index in [1.807, 2.05) is 18.3 Å². The maximum absolute atomic E-state index is 13.3. The number of likely N-dealkylation sites (tertiary alicyclic amines) is 1. The molecule has 0 spiro atoms. The number of hydrogen-bond donors (Lipinski definition) is 1. The Balaban J connectivity index is 1.27. The fourth-order valence-electron chi connectivity index (χ4n) is 4.73. The van der Waals surface area contributed by atoms with Crippen LogP contribution in [0.5, 0.6) is 0 Å². The first-order valence-corrected chi connectivity index (χ1v) is 11.9. The molecule has 0 saturated carbocycles. The lowest BCUT2D eigenvalue weighted by molar-refractivity contribution is 0.264. The number of aliphatic imine (C=N–C) groups is 1. The summed E-state index contributed by atoms with van der Waals surface area (Å²) in [5, 5.41) is 3.46. The Labute approximate surface area is 201 Å². The van der Waals surface area contributed by atoms with Crippen LogP contribution >= 0.6 is 0 Å². The Hall–Kier alpha value is -3.28. The maximum atomic E-state index is 13.3. The van der Waals surface area contributed by atoms with Crippen LogP contribution < -0.4 is 5.32 Å². The fraction of sp³-hybridized carbons (Fsp3) is 0.276. The second kappa shape index (κ2) is 9.92. The highest BCUT2D eigenvalue weighted by Crippen LogP contribution is 2.29. The minimum absolute atomic E-state index is 0.220. The molecule has 1 unspecified atom stereocenters. The summed E-state index contributed by atoms with van der Waals surface area (Å²) in [5.41, 5.74) is 7.88. The molecule has 2 aliphatic heterocycles. The van der Waals surface area contributed by atoms with Gasteiger partial charge >= 0.3 is 0 Å². The SMILES string of the molecule is CN(C)C1CCN(Cc2ccc(NC=C3CN=Cc4ccc(-c5ccc(F)cc5)cc43)cc2)C1. The number of benzene rings is 3. The van der Waals surface area contributed by atoms with Crippen LogP contribution in [0.15, 0.2) is 77.9 Å². The third-order valence-electron chi connectivity index (χ3n) is 6.82. The topological polar surface area (TPSA) is 30.9 Å². The third-order valence-corrected chi connectivity index (χ3v) is 6.82. The summed E-state index contributed by atoms with van der Waals surface area (Å²) in [6, 6.07) is 22.3. The molecule has 4 nitrogen and oxygen atoms in total. The van der Waals surface area contributed by atoms with Gasteiger partial charge in [0.2, 0.25) is 0 Å². The average Bonchev–Trinajstić information content (AvgIpc) is 3.33. The standard InChI is InChI=1S/C29H31FN4/c1-33(2)28-13-14-34(20-28)19-21-3-11-27(12-4-21)32-18-25-17-31-16-24-6-5-23(15-29(24)25)22-7-9-26(30)10-8-22/h3-12,15-16,18,28,32H,13-14,17,19-20H2,1-2H3. The van der Waals surface area contributed by atoms with Crippen molar-refractivity contribution in [2.75, 3.05) is 39.0 Å². The normalized spacial score (nSPS) is 19.1. The van der Waals surface area contributed by atoms with Gasteiger partial charge in [-0.15, -0.1) is 0 Å². The first-order chi connectivity index (χ1) is 16.5. The second-order valence-electron chi connectivity index (χ2n) is 9.43. The van der Waals surface area contributed by atoms with E-state index in [2.05, 4.69) is 82.9 Å². The lowest BCUT2D eigenvalue weighted by Gasteiger charge is -2.20. The fourth-order valence-corrected chi connectivity index (χ4v) is 4.73. The summed E-state index contributed by atoms with van der Waals surface area (Å²) >= 11 is 0. The van der Waals surface area contributed by atoms with E-state index in [4.69, 9.17) is 0 Å². The molecule has 1 N–H and O–H groups in total. The van der Waals surface area contributed by atoms with Crippen molar-refractivity contribution in [3.8, 4) is 11.1 Å². The zero-order valence-electron chi connectivity index (χ0n) is 19.8. The van der Waals surface area contributed by atoms with Gasteiger partial charge in [0, 0.05) is 43.8 Å². The zero-order valence-corrected chi connectivity index (χ0v) is 19.8. The number of halogens is 1. The number of anilines is 1. The van der Waals surface area contributed by atoms with Crippen LogP contribution in [0.25, 0.3) is 16.7 Å². The molecule has 2 aliphatic rings. The van der Waals surface area contributed by atoms with Crippen molar-refractivity contribution in [1.29, 1.82) is 0 Å². The van der Waals surface area contributed by atoms with Crippen molar-refractivity contribution < 1.29 is 4.39 Å². The first-order valence-electron chi connectivity index (χ1n) is 11.9. The molecule has 0 aliphatic carbocycles. The lowest BCUT2D eigenvalue weighted by atomic mass is 9.94. The summed E-state index contributed by atoms with van der Waals surface area (Å²) in [5.74, 6) is -0.220. The van der Waals surface area contributed by atoms with Crippen molar-refractivity contribution >= 4 is 17.5 Å². The Morgan fingerprint density at radius 1 is 1.03 bits per heavy atom. The van der Waals surface area contributed by atoms with Gasteiger partial charge in [-0.2, -0.15) is 0 Å². The summed E-state index contributed by atoms with van der Waals surface area (Å²) in [7, 11) is 4.34. The predicted octanol–water partition coefficient (Wildman–Crippen LogP) is 5.51. The minimum Gasteiger partial charge on any atom is -0.361 e. The molecule has 1 fully saturated rings. The van der Waals surface area contributed by atoms with Gasteiger partial charge in [-0.25, -0.2) is 4.39 Å². The van der Waals surface area contributed by atoms with E-state index < -0.39 is 0 Å².